The van der Waals surface area contributed by atoms with E-state index >= 15 is 0 Å². The minimum Gasteiger partial charge on any atom is -0.345 e. The molecule has 0 aliphatic rings. The van der Waals surface area contributed by atoms with Crippen LogP contribution in [0, 0.1) is 13.8 Å². The van der Waals surface area contributed by atoms with Gasteiger partial charge in [0.05, 0.1) is 18.5 Å². The molecule has 158 valence electrons. The van der Waals surface area contributed by atoms with E-state index in [1.807, 2.05) is 31.2 Å². The highest BCUT2D eigenvalue weighted by Crippen LogP contribution is 2.28. The lowest BCUT2D eigenvalue weighted by molar-refractivity contribution is -0.119. The number of nitrogens with zero attached hydrogens (tertiary/aromatic N) is 3. The molecule has 2 aromatic carbocycles. The molecule has 0 aliphatic carbocycles. The maximum absolute atomic E-state index is 12.4. The van der Waals surface area contributed by atoms with Crippen molar-refractivity contribution in [1.29, 1.82) is 0 Å². The first-order chi connectivity index (χ1) is 14.1. The predicted molar refractivity (Wildman–Crippen MR) is 115 cm³/mol. The molecule has 0 fully saturated rings. The van der Waals surface area contributed by atoms with Crippen LogP contribution in [0.2, 0.25) is 5.02 Å². The molecular weight excluding hydrogens is 428 g/mol. The zero-order valence-corrected chi connectivity index (χ0v) is 18.3. The molecule has 0 unspecified atom stereocenters. The van der Waals surface area contributed by atoms with E-state index in [1.54, 1.807) is 25.1 Å². The Kier molecular flexibility index (Phi) is 6.42. The lowest BCUT2D eigenvalue weighted by Gasteiger charge is -2.23. The molecule has 1 heterocycles. The van der Waals surface area contributed by atoms with Gasteiger partial charge in [-0.25, -0.2) is 8.42 Å². The Morgan fingerprint density at radius 2 is 1.93 bits per heavy atom. The van der Waals surface area contributed by atoms with Crippen molar-refractivity contribution in [2.75, 3.05) is 17.1 Å². The zero-order valence-electron chi connectivity index (χ0n) is 16.7. The van der Waals surface area contributed by atoms with Crippen molar-refractivity contribution in [3.8, 4) is 11.4 Å². The van der Waals surface area contributed by atoms with E-state index in [-0.39, 0.29) is 12.4 Å². The van der Waals surface area contributed by atoms with Crippen LogP contribution in [0.25, 0.3) is 11.4 Å². The van der Waals surface area contributed by atoms with Gasteiger partial charge in [-0.2, -0.15) is 4.98 Å². The number of anilines is 1. The van der Waals surface area contributed by atoms with Crippen LogP contribution in [0.15, 0.2) is 47.0 Å². The highest BCUT2D eigenvalue weighted by Gasteiger charge is 2.23. The van der Waals surface area contributed by atoms with Crippen LogP contribution < -0.4 is 9.62 Å². The SMILES string of the molecule is Cc1cccc(-c2noc(CNC(=O)CN(c3cccc(Cl)c3C)S(C)(=O)=O)n2)c1. The van der Waals surface area contributed by atoms with Gasteiger partial charge in [0.15, 0.2) is 0 Å². The molecule has 3 rings (SSSR count). The van der Waals surface area contributed by atoms with Crippen LogP contribution >= 0.6 is 11.6 Å². The van der Waals surface area contributed by atoms with Crippen molar-refractivity contribution in [2.45, 2.75) is 20.4 Å². The van der Waals surface area contributed by atoms with Crippen LogP contribution in [0.1, 0.15) is 17.0 Å². The summed E-state index contributed by atoms with van der Waals surface area (Å²) in [4.78, 5) is 16.7. The number of amides is 1. The second-order valence-electron chi connectivity index (χ2n) is 6.81. The van der Waals surface area contributed by atoms with Crippen molar-refractivity contribution >= 4 is 33.2 Å². The lowest BCUT2D eigenvalue weighted by atomic mass is 10.1. The second-order valence-corrected chi connectivity index (χ2v) is 9.13. The number of sulfonamides is 1. The van der Waals surface area contributed by atoms with E-state index in [4.69, 9.17) is 16.1 Å². The largest absolute Gasteiger partial charge is 0.345 e. The van der Waals surface area contributed by atoms with Crippen molar-refractivity contribution in [1.82, 2.24) is 15.5 Å². The van der Waals surface area contributed by atoms with Gasteiger partial charge in [0, 0.05) is 10.6 Å². The fraction of sp³-hybridized carbons (Fsp3) is 0.250. The number of carbonyl (C=O) groups excluding carboxylic acids is 1. The first kappa shape index (κ1) is 21.8. The molecule has 0 radical (unpaired) electrons. The summed E-state index contributed by atoms with van der Waals surface area (Å²) in [7, 11) is -3.71. The average Bonchev–Trinajstić information content (AvgIpc) is 3.15. The Labute approximate surface area is 179 Å². The van der Waals surface area contributed by atoms with E-state index in [1.165, 1.54) is 0 Å². The van der Waals surface area contributed by atoms with Gasteiger partial charge < -0.3 is 9.84 Å². The molecule has 1 aromatic heterocycles. The Morgan fingerprint density at radius 3 is 2.63 bits per heavy atom. The zero-order chi connectivity index (χ0) is 21.9. The number of benzene rings is 2. The standard InChI is InChI=1S/C20H21ClN4O4S/c1-13-6-4-7-15(10-13)20-23-19(29-24-20)11-22-18(26)12-25(30(3,27)28)17-9-5-8-16(21)14(17)2/h4-10H,11-12H2,1-3H3,(H,22,26). The van der Waals surface area contributed by atoms with Crippen molar-refractivity contribution in [3.63, 3.8) is 0 Å². The van der Waals surface area contributed by atoms with Gasteiger partial charge >= 0.3 is 0 Å². The molecule has 10 heteroatoms. The van der Waals surface area contributed by atoms with Gasteiger partial charge in [-0.05, 0) is 37.6 Å². The van der Waals surface area contributed by atoms with E-state index < -0.39 is 22.5 Å². The average molecular weight is 449 g/mol. The second kappa shape index (κ2) is 8.85. The predicted octanol–water partition coefficient (Wildman–Crippen LogP) is 3.09. The summed E-state index contributed by atoms with van der Waals surface area (Å²) in [6.45, 7) is 3.22. The number of aromatic nitrogens is 2. The molecule has 0 saturated heterocycles. The summed E-state index contributed by atoms with van der Waals surface area (Å²) in [5.41, 5.74) is 2.78. The quantitative estimate of drug-likeness (QED) is 0.595. The molecule has 8 nitrogen and oxygen atoms in total. The fourth-order valence-corrected chi connectivity index (χ4v) is 3.91. The van der Waals surface area contributed by atoms with Crippen molar-refractivity contribution < 1.29 is 17.7 Å². The van der Waals surface area contributed by atoms with Gasteiger partial charge in [-0.15, -0.1) is 0 Å². The summed E-state index contributed by atoms with van der Waals surface area (Å²) in [6, 6.07) is 12.5. The van der Waals surface area contributed by atoms with Crippen LogP contribution in [0.5, 0.6) is 0 Å². The molecule has 0 aliphatic heterocycles. The van der Waals surface area contributed by atoms with Crippen LogP contribution in [0.3, 0.4) is 0 Å². The molecule has 0 spiro atoms. The molecule has 1 N–H and O–H groups in total. The highest BCUT2D eigenvalue weighted by molar-refractivity contribution is 7.92. The molecule has 1 amide bonds. The smallest absolute Gasteiger partial charge is 0.246 e. The van der Waals surface area contributed by atoms with Crippen molar-refractivity contribution in [3.05, 3.63) is 64.5 Å². The van der Waals surface area contributed by atoms with Gasteiger partial charge in [-0.3, -0.25) is 9.10 Å². The minimum absolute atomic E-state index is 0.0240. The Balaban J connectivity index is 1.69. The first-order valence-corrected chi connectivity index (χ1v) is 11.3. The van der Waals surface area contributed by atoms with E-state index in [0.29, 0.717) is 22.1 Å². The number of halogens is 1. The molecule has 30 heavy (non-hydrogen) atoms. The first-order valence-electron chi connectivity index (χ1n) is 9.04. The summed E-state index contributed by atoms with van der Waals surface area (Å²) < 4.78 is 30.7. The molecule has 0 atom stereocenters. The fourth-order valence-electron chi connectivity index (χ4n) is 2.84. The molecule has 0 bridgehead atoms. The number of aryl methyl sites for hydroxylation is 1. The molecule has 3 aromatic rings. The maximum atomic E-state index is 12.4. The minimum atomic E-state index is -3.71. The number of rotatable bonds is 7. The maximum Gasteiger partial charge on any atom is 0.246 e. The highest BCUT2D eigenvalue weighted by atomic mass is 35.5. The third kappa shape index (κ3) is 5.17. The van der Waals surface area contributed by atoms with Crippen LogP contribution in [-0.2, 0) is 21.4 Å². The Hall–Kier alpha value is -2.91. The van der Waals surface area contributed by atoms with Crippen LogP contribution in [-0.4, -0.2) is 37.3 Å². The molecule has 0 saturated carbocycles. The molecular formula is C20H21ClN4O4S. The lowest BCUT2D eigenvalue weighted by Crippen LogP contribution is -2.40. The Morgan fingerprint density at radius 1 is 1.20 bits per heavy atom. The monoisotopic (exact) mass is 448 g/mol. The van der Waals surface area contributed by atoms with Gasteiger partial charge in [0.1, 0.15) is 6.54 Å². The summed E-state index contributed by atoms with van der Waals surface area (Å²) >= 11 is 6.10. The number of carbonyl (C=O) groups is 1. The normalized spacial score (nSPS) is 11.3. The topological polar surface area (TPSA) is 105 Å². The van der Waals surface area contributed by atoms with Gasteiger partial charge in [0.25, 0.3) is 0 Å². The van der Waals surface area contributed by atoms with Gasteiger partial charge in [0.2, 0.25) is 27.6 Å². The van der Waals surface area contributed by atoms with E-state index in [9.17, 15) is 13.2 Å². The summed E-state index contributed by atoms with van der Waals surface area (Å²) in [6.07, 6.45) is 1.03. The Bertz CT molecular complexity index is 1180. The van der Waals surface area contributed by atoms with Crippen LogP contribution in [0.4, 0.5) is 5.69 Å². The third-order valence-corrected chi connectivity index (χ3v) is 5.91. The van der Waals surface area contributed by atoms with E-state index in [0.717, 1.165) is 21.7 Å². The van der Waals surface area contributed by atoms with E-state index in [2.05, 4.69) is 15.5 Å². The number of nitrogens with one attached hydrogen (secondary N) is 1. The summed E-state index contributed by atoms with van der Waals surface area (Å²) in [5, 5.41) is 6.94. The third-order valence-electron chi connectivity index (χ3n) is 4.38. The van der Waals surface area contributed by atoms with Gasteiger partial charge in [-0.1, -0.05) is 46.6 Å². The van der Waals surface area contributed by atoms with Crippen molar-refractivity contribution in [2.24, 2.45) is 0 Å². The summed E-state index contributed by atoms with van der Waals surface area (Å²) in [5.74, 6) is 0.107. The number of hydrogen-bond acceptors (Lipinski definition) is 6. The number of hydrogen-bond donors (Lipinski definition) is 1.